The average Bonchev–Trinajstić information content (AvgIpc) is 3.30. The SMILES string of the molecule is CC(C)(C)O.CCc1c(C)c2c(c(C)c1N(C)C(=O)c1ccc(C)cc1)CN(C=O)C2.Cc1cccc(F)c1. The molecule has 0 aliphatic carbocycles. The summed E-state index contributed by atoms with van der Waals surface area (Å²) < 4.78 is 12.2. The minimum absolute atomic E-state index is 0.00705. The first-order chi connectivity index (χ1) is 18.2. The molecule has 0 unspecified atom stereocenters. The van der Waals surface area contributed by atoms with Gasteiger partial charge in [0.05, 0.1) is 11.3 Å². The fourth-order valence-electron chi connectivity index (χ4n) is 4.63. The Labute approximate surface area is 233 Å². The lowest BCUT2D eigenvalue weighted by Gasteiger charge is -2.26. The van der Waals surface area contributed by atoms with Crippen LogP contribution in [0.2, 0.25) is 0 Å². The third-order valence-corrected chi connectivity index (χ3v) is 6.51. The molecular weight excluding hydrogens is 491 g/mol. The van der Waals surface area contributed by atoms with Crippen LogP contribution in [-0.4, -0.2) is 35.0 Å². The van der Waals surface area contributed by atoms with Crippen molar-refractivity contribution in [2.75, 3.05) is 11.9 Å². The second-order valence-corrected chi connectivity index (χ2v) is 11.1. The van der Waals surface area contributed by atoms with Crippen LogP contribution in [-0.2, 0) is 24.3 Å². The van der Waals surface area contributed by atoms with Crippen molar-refractivity contribution in [3.8, 4) is 0 Å². The van der Waals surface area contributed by atoms with E-state index in [1.54, 1.807) is 36.6 Å². The largest absolute Gasteiger partial charge is 0.391 e. The molecule has 210 valence electrons. The third-order valence-electron chi connectivity index (χ3n) is 6.51. The Morgan fingerprint density at radius 2 is 1.51 bits per heavy atom. The van der Waals surface area contributed by atoms with Gasteiger partial charge < -0.3 is 14.9 Å². The van der Waals surface area contributed by atoms with E-state index in [1.165, 1.54) is 34.4 Å². The van der Waals surface area contributed by atoms with Gasteiger partial charge in [-0.2, -0.15) is 0 Å². The number of carbonyl (C=O) groups excluding carboxylic acids is 2. The number of aryl methyl sites for hydroxylation is 2. The quantitative estimate of drug-likeness (QED) is 0.373. The average molecular weight is 535 g/mol. The highest BCUT2D eigenvalue weighted by atomic mass is 19.1. The molecule has 0 radical (unpaired) electrons. The zero-order valence-corrected chi connectivity index (χ0v) is 24.9. The van der Waals surface area contributed by atoms with Crippen LogP contribution >= 0.6 is 0 Å². The summed E-state index contributed by atoms with van der Waals surface area (Å²) in [7, 11) is 1.85. The van der Waals surface area contributed by atoms with Gasteiger partial charge in [-0.3, -0.25) is 9.59 Å². The zero-order valence-electron chi connectivity index (χ0n) is 24.9. The summed E-state index contributed by atoms with van der Waals surface area (Å²) in [6.07, 6.45) is 1.76. The molecule has 3 aromatic rings. The molecule has 3 aromatic carbocycles. The summed E-state index contributed by atoms with van der Waals surface area (Å²) in [6, 6.07) is 14.2. The molecule has 0 fully saturated rings. The van der Waals surface area contributed by atoms with E-state index in [4.69, 9.17) is 5.11 Å². The minimum Gasteiger partial charge on any atom is -0.391 e. The van der Waals surface area contributed by atoms with Crippen molar-refractivity contribution in [2.45, 2.75) is 80.5 Å². The lowest BCUT2D eigenvalue weighted by Crippen LogP contribution is -2.28. The second kappa shape index (κ2) is 13.5. The molecule has 1 N–H and O–H groups in total. The maximum absolute atomic E-state index is 13.1. The summed E-state index contributed by atoms with van der Waals surface area (Å²) >= 11 is 0. The van der Waals surface area contributed by atoms with E-state index in [-0.39, 0.29) is 11.7 Å². The predicted octanol–water partition coefficient (Wildman–Crippen LogP) is 6.83. The van der Waals surface area contributed by atoms with Crippen LogP contribution in [0.1, 0.15) is 77.0 Å². The van der Waals surface area contributed by atoms with Gasteiger partial charge in [0.1, 0.15) is 5.82 Å². The van der Waals surface area contributed by atoms with Crippen LogP contribution in [0.25, 0.3) is 0 Å². The Bertz CT molecular complexity index is 1270. The fourth-order valence-corrected chi connectivity index (χ4v) is 4.63. The molecule has 0 saturated carbocycles. The maximum atomic E-state index is 13.1. The molecule has 39 heavy (non-hydrogen) atoms. The lowest BCUT2D eigenvalue weighted by molar-refractivity contribution is -0.118. The highest BCUT2D eigenvalue weighted by molar-refractivity contribution is 6.06. The van der Waals surface area contributed by atoms with Crippen molar-refractivity contribution in [3.05, 3.63) is 98.9 Å². The summed E-state index contributed by atoms with van der Waals surface area (Å²) in [5.74, 6) is -0.169. The van der Waals surface area contributed by atoms with Crippen molar-refractivity contribution in [2.24, 2.45) is 0 Å². The van der Waals surface area contributed by atoms with E-state index >= 15 is 0 Å². The Morgan fingerprint density at radius 1 is 0.974 bits per heavy atom. The van der Waals surface area contributed by atoms with Crippen LogP contribution < -0.4 is 4.90 Å². The highest BCUT2D eigenvalue weighted by Gasteiger charge is 2.28. The molecule has 0 bridgehead atoms. The van der Waals surface area contributed by atoms with Gasteiger partial charge in [-0.15, -0.1) is 0 Å². The number of hydrogen-bond donors (Lipinski definition) is 1. The van der Waals surface area contributed by atoms with E-state index < -0.39 is 5.60 Å². The molecule has 0 atom stereocenters. The molecule has 1 aliphatic heterocycles. The first kappa shape index (κ1) is 31.7. The number of halogens is 1. The van der Waals surface area contributed by atoms with Gasteiger partial charge in [0, 0.05) is 25.7 Å². The van der Waals surface area contributed by atoms with Crippen molar-refractivity contribution in [1.82, 2.24) is 4.90 Å². The number of fused-ring (bicyclic) bond motifs is 1. The number of hydrogen-bond acceptors (Lipinski definition) is 3. The summed E-state index contributed by atoms with van der Waals surface area (Å²) in [5, 5.41) is 8.52. The highest BCUT2D eigenvalue weighted by Crippen LogP contribution is 2.38. The summed E-state index contributed by atoms with van der Waals surface area (Å²) in [6.45, 7) is 16.7. The van der Waals surface area contributed by atoms with E-state index in [9.17, 15) is 14.0 Å². The number of aliphatic hydroxyl groups is 1. The molecule has 0 spiro atoms. The number of carbonyl (C=O) groups is 2. The topological polar surface area (TPSA) is 60.9 Å². The second-order valence-electron chi connectivity index (χ2n) is 11.1. The van der Waals surface area contributed by atoms with Gasteiger partial charge in [-0.1, -0.05) is 36.8 Å². The number of amides is 2. The molecule has 6 heteroatoms. The zero-order chi connectivity index (χ0) is 29.5. The summed E-state index contributed by atoms with van der Waals surface area (Å²) in [4.78, 5) is 27.9. The molecule has 0 saturated heterocycles. The van der Waals surface area contributed by atoms with Crippen molar-refractivity contribution in [1.29, 1.82) is 0 Å². The van der Waals surface area contributed by atoms with Crippen LogP contribution in [0.4, 0.5) is 10.1 Å². The van der Waals surface area contributed by atoms with Gasteiger partial charge in [-0.05, 0) is 113 Å². The first-order valence-corrected chi connectivity index (χ1v) is 13.3. The molecule has 1 aliphatic rings. The number of rotatable bonds is 4. The van der Waals surface area contributed by atoms with Crippen molar-refractivity contribution >= 4 is 18.0 Å². The molecule has 1 heterocycles. The van der Waals surface area contributed by atoms with E-state index in [2.05, 4.69) is 20.8 Å². The van der Waals surface area contributed by atoms with Crippen LogP contribution in [0.3, 0.4) is 0 Å². The first-order valence-electron chi connectivity index (χ1n) is 13.3. The number of benzene rings is 3. The van der Waals surface area contributed by atoms with Crippen molar-refractivity contribution < 1.29 is 19.1 Å². The van der Waals surface area contributed by atoms with Crippen LogP contribution in [0.5, 0.6) is 0 Å². The fraction of sp³-hybridized carbons (Fsp3) is 0.394. The van der Waals surface area contributed by atoms with Gasteiger partial charge in [0.25, 0.3) is 5.91 Å². The Balaban J connectivity index is 0.000000337. The number of nitrogens with zero attached hydrogens (tertiary/aromatic N) is 2. The third kappa shape index (κ3) is 8.75. The monoisotopic (exact) mass is 534 g/mol. The van der Waals surface area contributed by atoms with Gasteiger partial charge in [0.15, 0.2) is 0 Å². The van der Waals surface area contributed by atoms with Gasteiger partial charge in [0.2, 0.25) is 6.41 Å². The lowest BCUT2D eigenvalue weighted by atomic mass is 9.90. The molecule has 0 aromatic heterocycles. The van der Waals surface area contributed by atoms with Crippen LogP contribution in [0.15, 0.2) is 48.5 Å². The molecular formula is C33H43FN2O3. The summed E-state index contributed by atoms with van der Waals surface area (Å²) in [5.41, 5.74) is 9.20. The van der Waals surface area contributed by atoms with Gasteiger partial charge >= 0.3 is 0 Å². The smallest absolute Gasteiger partial charge is 0.258 e. The van der Waals surface area contributed by atoms with E-state index in [0.29, 0.717) is 18.7 Å². The Hall–Kier alpha value is -3.51. The van der Waals surface area contributed by atoms with Crippen LogP contribution in [0, 0.1) is 33.5 Å². The molecule has 4 rings (SSSR count). The Kier molecular flexibility index (Phi) is 11.0. The predicted molar refractivity (Wildman–Crippen MR) is 158 cm³/mol. The minimum atomic E-state index is -0.500. The maximum Gasteiger partial charge on any atom is 0.258 e. The number of anilines is 1. The van der Waals surface area contributed by atoms with Gasteiger partial charge in [-0.25, -0.2) is 4.39 Å². The van der Waals surface area contributed by atoms with E-state index in [1.807, 2.05) is 51.2 Å². The molecule has 5 nitrogen and oxygen atoms in total. The molecule has 2 amide bonds. The normalized spacial score (nSPS) is 12.0. The standard InChI is InChI=1S/C22H26N2O2.C7H7F.C4H10O/c1-6-18-15(3)19-11-24(13-25)12-20(19)16(4)21(18)23(5)22(26)17-9-7-14(2)8-10-17;1-6-3-2-4-7(8)5-6;1-4(2,3)5/h7-10,13H,6,11-12H2,1-5H3;2-5H,1H3;5H,1-3H3. The Morgan fingerprint density at radius 3 is 1.95 bits per heavy atom. The van der Waals surface area contributed by atoms with E-state index in [0.717, 1.165) is 35.2 Å². The van der Waals surface area contributed by atoms with Crippen molar-refractivity contribution in [3.63, 3.8) is 0 Å².